The van der Waals surface area contributed by atoms with Crippen LogP contribution in [0.4, 0.5) is 0 Å². The van der Waals surface area contributed by atoms with Crippen molar-refractivity contribution in [1.29, 1.82) is 0 Å². The zero-order valence-corrected chi connectivity index (χ0v) is 7.19. The number of hydrogen-bond acceptors (Lipinski definition) is 5. The Morgan fingerprint density at radius 1 is 1.67 bits per heavy atom. The van der Waals surface area contributed by atoms with Gasteiger partial charge in [-0.25, -0.2) is 5.01 Å². The predicted octanol–water partition coefficient (Wildman–Crippen LogP) is -1.32. The Balaban J connectivity index is 2.46. The molecule has 5 nitrogen and oxygen atoms in total. The van der Waals surface area contributed by atoms with Crippen LogP contribution in [0.2, 0.25) is 0 Å². The van der Waals surface area contributed by atoms with Gasteiger partial charge in [-0.2, -0.15) is 0 Å². The highest BCUT2D eigenvalue weighted by Crippen LogP contribution is 2.13. The standard InChI is InChI=1S/C7H15N3O2/c1-2-12-7(11)5-3-10(9)4-6(5)8/h5-6H,2-4,8-9H2,1H3/t5-,6+/m1/s1. The highest BCUT2D eigenvalue weighted by atomic mass is 16.5. The summed E-state index contributed by atoms with van der Waals surface area (Å²) >= 11 is 0. The van der Waals surface area contributed by atoms with Gasteiger partial charge in [0.05, 0.1) is 12.5 Å². The average Bonchev–Trinajstić information content (AvgIpc) is 2.30. The van der Waals surface area contributed by atoms with Gasteiger partial charge in [-0.1, -0.05) is 0 Å². The number of esters is 1. The second-order valence-electron chi connectivity index (χ2n) is 2.98. The van der Waals surface area contributed by atoms with E-state index in [0.29, 0.717) is 19.7 Å². The summed E-state index contributed by atoms with van der Waals surface area (Å²) in [6, 6.07) is -0.186. The number of ether oxygens (including phenoxy) is 1. The fourth-order valence-electron chi connectivity index (χ4n) is 1.36. The lowest BCUT2D eigenvalue weighted by Gasteiger charge is -2.11. The van der Waals surface area contributed by atoms with E-state index in [1.54, 1.807) is 11.9 Å². The molecule has 0 aromatic carbocycles. The molecule has 1 aliphatic heterocycles. The van der Waals surface area contributed by atoms with E-state index in [1.807, 2.05) is 0 Å². The van der Waals surface area contributed by atoms with Gasteiger partial charge < -0.3 is 10.5 Å². The van der Waals surface area contributed by atoms with Crippen LogP contribution in [0.25, 0.3) is 0 Å². The fraction of sp³-hybridized carbons (Fsp3) is 0.857. The molecule has 4 N–H and O–H groups in total. The van der Waals surface area contributed by atoms with Gasteiger partial charge >= 0.3 is 5.97 Å². The second kappa shape index (κ2) is 3.84. The number of nitrogens with zero attached hydrogens (tertiary/aromatic N) is 1. The van der Waals surface area contributed by atoms with Crippen molar-refractivity contribution in [3.8, 4) is 0 Å². The van der Waals surface area contributed by atoms with Crippen LogP contribution in [0.5, 0.6) is 0 Å². The molecule has 12 heavy (non-hydrogen) atoms. The van der Waals surface area contributed by atoms with Crippen molar-refractivity contribution in [3.63, 3.8) is 0 Å². The minimum atomic E-state index is -0.255. The smallest absolute Gasteiger partial charge is 0.311 e. The van der Waals surface area contributed by atoms with Crippen LogP contribution < -0.4 is 11.6 Å². The summed E-state index contributed by atoms with van der Waals surface area (Å²) in [6.45, 7) is 3.23. The summed E-state index contributed by atoms with van der Waals surface area (Å²) in [4.78, 5) is 11.2. The molecule has 0 aromatic rings. The first-order valence-electron chi connectivity index (χ1n) is 4.07. The van der Waals surface area contributed by atoms with Gasteiger partial charge in [0, 0.05) is 19.1 Å². The maximum Gasteiger partial charge on any atom is 0.311 e. The predicted molar refractivity (Wildman–Crippen MR) is 43.9 cm³/mol. The fourth-order valence-corrected chi connectivity index (χ4v) is 1.36. The van der Waals surface area contributed by atoms with Gasteiger partial charge in [0.15, 0.2) is 0 Å². The summed E-state index contributed by atoms with van der Waals surface area (Å²) in [5.74, 6) is 5.00. The maximum atomic E-state index is 11.2. The molecule has 0 amide bonds. The quantitative estimate of drug-likeness (QED) is 0.400. The van der Waals surface area contributed by atoms with Gasteiger partial charge in [0.2, 0.25) is 0 Å². The Hall–Kier alpha value is -0.650. The Morgan fingerprint density at radius 2 is 2.33 bits per heavy atom. The SMILES string of the molecule is CCOC(=O)[C@@H]1CN(N)C[C@@H]1N. The number of hydrogen-bond donors (Lipinski definition) is 2. The Labute approximate surface area is 71.6 Å². The van der Waals surface area contributed by atoms with Crippen LogP contribution in [0, 0.1) is 5.92 Å². The summed E-state index contributed by atoms with van der Waals surface area (Å²) in [5.41, 5.74) is 5.68. The summed E-state index contributed by atoms with van der Waals surface area (Å²) in [7, 11) is 0. The average molecular weight is 173 g/mol. The van der Waals surface area contributed by atoms with Gasteiger partial charge in [-0.15, -0.1) is 0 Å². The Bertz CT molecular complexity index is 174. The van der Waals surface area contributed by atoms with Crippen molar-refractivity contribution >= 4 is 5.97 Å². The molecule has 1 aliphatic rings. The molecule has 0 saturated carbocycles. The summed E-state index contributed by atoms with van der Waals surface area (Å²) in [6.07, 6.45) is 0. The Kier molecular flexibility index (Phi) is 3.02. The second-order valence-corrected chi connectivity index (χ2v) is 2.98. The van der Waals surface area contributed by atoms with E-state index in [0.717, 1.165) is 0 Å². The van der Waals surface area contributed by atoms with Crippen LogP contribution in [0.15, 0.2) is 0 Å². The first kappa shape index (κ1) is 9.44. The molecule has 1 saturated heterocycles. The van der Waals surface area contributed by atoms with Crippen molar-refractivity contribution in [2.75, 3.05) is 19.7 Å². The largest absolute Gasteiger partial charge is 0.466 e. The highest BCUT2D eigenvalue weighted by molar-refractivity contribution is 5.74. The van der Waals surface area contributed by atoms with Crippen LogP contribution in [-0.2, 0) is 9.53 Å². The van der Waals surface area contributed by atoms with E-state index in [9.17, 15) is 4.79 Å². The number of carbonyl (C=O) groups is 1. The first-order valence-corrected chi connectivity index (χ1v) is 4.07. The van der Waals surface area contributed by atoms with Gasteiger partial charge in [-0.05, 0) is 6.92 Å². The van der Waals surface area contributed by atoms with E-state index in [4.69, 9.17) is 16.3 Å². The topological polar surface area (TPSA) is 81.6 Å². The Morgan fingerprint density at radius 3 is 2.75 bits per heavy atom. The lowest BCUT2D eigenvalue weighted by atomic mass is 10.1. The zero-order chi connectivity index (χ0) is 9.14. The van der Waals surface area contributed by atoms with Crippen molar-refractivity contribution in [3.05, 3.63) is 0 Å². The normalized spacial score (nSPS) is 30.6. The molecule has 1 rings (SSSR count). The molecule has 1 fully saturated rings. The molecule has 5 heteroatoms. The summed E-state index contributed by atoms with van der Waals surface area (Å²) in [5, 5.41) is 1.55. The number of hydrazine groups is 1. The van der Waals surface area contributed by atoms with E-state index < -0.39 is 0 Å². The molecule has 0 radical (unpaired) electrons. The summed E-state index contributed by atoms with van der Waals surface area (Å²) < 4.78 is 4.84. The van der Waals surface area contributed by atoms with Crippen LogP contribution >= 0.6 is 0 Å². The van der Waals surface area contributed by atoms with E-state index in [1.165, 1.54) is 0 Å². The minimum Gasteiger partial charge on any atom is -0.466 e. The van der Waals surface area contributed by atoms with Crippen LogP contribution in [-0.4, -0.2) is 36.7 Å². The molecular formula is C7H15N3O2. The maximum absolute atomic E-state index is 11.2. The van der Waals surface area contributed by atoms with Gasteiger partial charge in [0.1, 0.15) is 0 Å². The third kappa shape index (κ3) is 1.94. The van der Waals surface area contributed by atoms with Crippen molar-refractivity contribution in [2.24, 2.45) is 17.5 Å². The molecule has 0 bridgehead atoms. The molecule has 0 aliphatic carbocycles. The number of nitrogens with two attached hydrogens (primary N) is 2. The molecule has 2 atom stereocenters. The van der Waals surface area contributed by atoms with Crippen molar-refractivity contribution in [2.45, 2.75) is 13.0 Å². The number of rotatable bonds is 2. The zero-order valence-electron chi connectivity index (χ0n) is 7.19. The third-order valence-electron chi connectivity index (χ3n) is 1.98. The molecule has 70 valence electrons. The molecule has 0 spiro atoms. The monoisotopic (exact) mass is 173 g/mol. The third-order valence-corrected chi connectivity index (χ3v) is 1.98. The molecule has 1 heterocycles. The van der Waals surface area contributed by atoms with E-state index >= 15 is 0 Å². The molecular weight excluding hydrogens is 158 g/mol. The first-order chi connectivity index (χ1) is 5.65. The van der Waals surface area contributed by atoms with Crippen LogP contribution in [0.3, 0.4) is 0 Å². The van der Waals surface area contributed by atoms with Gasteiger partial charge in [0.25, 0.3) is 0 Å². The molecule has 0 aromatic heterocycles. The number of carbonyl (C=O) groups excluding carboxylic acids is 1. The van der Waals surface area contributed by atoms with Crippen molar-refractivity contribution < 1.29 is 9.53 Å². The lowest BCUT2D eigenvalue weighted by Crippen LogP contribution is -2.35. The van der Waals surface area contributed by atoms with Gasteiger partial charge in [-0.3, -0.25) is 10.6 Å². The minimum absolute atomic E-state index is 0.186. The van der Waals surface area contributed by atoms with E-state index in [-0.39, 0.29) is 17.9 Å². The lowest BCUT2D eigenvalue weighted by molar-refractivity contribution is -0.147. The van der Waals surface area contributed by atoms with Crippen molar-refractivity contribution in [1.82, 2.24) is 5.01 Å². The highest BCUT2D eigenvalue weighted by Gasteiger charge is 2.34. The van der Waals surface area contributed by atoms with Crippen LogP contribution in [0.1, 0.15) is 6.92 Å². The molecule has 0 unspecified atom stereocenters. The van der Waals surface area contributed by atoms with E-state index in [2.05, 4.69) is 0 Å².